The van der Waals surface area contributed by atoms with Crippen molar-refractivity contribution in [2.24, 2.45) is 0 Å². The zero-order chi connectivity index (χ0) is 26.3. The molecule has 2 aromatic carbocycles. The van der Waals surface area contributed by atoms with Gasteiger partial charge in [0.05, 0.1) is 21.9 Å². The first-order valence-electron chi connectivity index (χ1n) is 10.9. The van der Waals surface area contributed by atoms with Gasteiger partial charge in [0.15, 0.2) is 0 Å². The third kappa shape index (κ3) is 7.64. The standard InChI is InChI=1S/C17H19FN2O2.C10H7NO2S/c1-17(2,3)22-16(21)20-15-9-6-12(10-14(15)19)11-4-7-13(18)8-5-11;12-10(13)9-5-4-8(14-9)7-3-1-2-6-11-7/h4-10H,19H2,1-3H3,(H,20,21);1-6H,(H,12,13). The lowest BCUT2D eigenvalue weighted by Gasteiger charge is -2.20. The van der Waals surface area contributed by atoms with Crippen LogP contribution in [-0.4, -0.2) is 27.8 Å². The summed E-state index contributed by atoms with van der Waals surface area (Å²) < 4.78 is 18.1. The van der Waals surface area contributed by atoms with Gasteiger partial charge < -0.3 is 15.6 Å². The van der Waals surface area contributed by atoms with Crippen molar-refractivity contribution >= 4 is 34.8 Å². The number of carboxylic acids is 1. The number of carbonyl (C=O) groups is 2. The number of amides is 1. The second-order valence-corrected chi connectivity index (χ2v) is 9.70. The molecular weight excluding hydrogens is 481 g/mol. The van der Waals surface area contributed by atoms with Crippen LogP contribution in [0.15, 0.2) is 79.0 Å². The molecule has 36 heavy (non-hydrogen) atoms. The maximum absolute atomic E-state index is 12.9. The molecule has 0 fully saturated rings. The Hall–Kier alpha value is -4.24. The Morgan fingerprint density at radius 3 is 2.25 bits per heavy atom. The van der Waals surface area contributed by atoms with Crippen molar-refractivity contribution in [2.75, 3.05) is 11.1 Å². The molecule has 4 N–H and O–H groups in total. The molecular formula is C27H26FN3O4S. The number of thiophene rings is 1. The Labute approximate surface area is 212 Å². The maximum atomic E-state index is 12.9. The van der Waals surface area contributed by atoms with Crippen LogP contribution in [-0.2, 0) is 4.74 Å². The van der Waals surface area contributed by atoms with Gasteiger partial charge in [-0.25, -0.2) is 14.0 Å². The van der Waals surface area contributed by atoms with E-state index in [1.54, 1.807) is 69.4 Å². The van der Waals surface area contributed by atoms with Gasteiger partial charge in [-0.2, -0.15) is 0 Å². The van der Waals surface area contributed by atoms with E-state index in [0.29, 0.717) is 16.3 Å². The third-order valence-corrected chi connectivity index (χ3v) is 5.69. The molecule has 0 unspecified atom stereocenters. The average Bonchev–Trinajstić information content (AvgIpc) is 3.32. The molecule has 7 nitrogen and oxygen atoms in total. The molecule has 0 aliphatic rings. The van der Waals surface area contributed by atoms with E-state index >= 15 is 0 Å². The molecule has 0 bridgehead atoms. The molecule has 0 saturated carbocycles. The number of halogens is 1. The fourth-order valence-electron chi connectivity index (χ4n) is 3.01. The zero-order valence-electron chi connectivity index (χ0n) is 20.0. The molecule has 9 heteroatoms. The number of rotatable bonds is 4. The molecule has 4 aromatic rings. The van der Waals surface area contributed by atoms with Crippen LogP contribution in [0, 0.1) is 5.82 Å². The lowest BCUT2D eigenvalue weighted by atomic mass is 10.0. The number of ether oxygens (including phenoxy) is 1. The molecule has 2 heterocycles. The largest absolute Gasteiger partial charge is 0.477 e. The normalized spacial score (nSPS) is 10.7. The minimum absolute atomic E-state index is 0.292. The van der Waals surface area contributed by atoms with Gasteiger partial charge in [0.1, 0.15) is 16.3 Å². The molecule has 0 aliphatic carbocycles. The zero-order valence-corrected chi connectivity index (χ0v) is 20.8. The number of carboxylic acid groups (broad SMARTS) is 1. The van der Waals surface area contributed by atoms with E-state index in [2.05, 4.69) is 10.3 Å². The van der Waals surface area contributed by atoms with Crippen LogP contribution in [0.1, 0.15) is 30.4 Å². The molecule has 2 aromatic heterocycles. The summed E-state index contributed by atoms with van der Waals surface area (Å²) in [6, 6.07) is 20.3. The molecule has 186 valence electrons. The molecule has 4 rings (SSSR count). The number of anilines is 2. The molecule has 0 aliphatic heterocycles. The number of aromatic carboxylic acids is 1. The number of nitrogens with two attached hydrogens (primary N) is 1. The Morgan fingerprint density at radius 2 is 1.69 bits per heavy atom. The summed E-state index contributed by atoms with van der Waals surface area (Å²) >= 11 is 1.23. The summed E-state index contributed by atoms with van der Waals surface area (Å²) in [6.07, 6.45) is 1.13. The summed E-state index contributed by atoms with van der Waals surface area (Å²) in [5.41, 5.74) is 8.76. The first-order valence-corrected chi connectivity index (χ1v) is 11.7. The highest BCUT2D eigenvalue weighted by atomic mass is 32.1. The number of pyridine rings is 1. The van der Waals surface area contributed by atoms with Crippen LogP contribution in [0.2, 0.25) is 0 Å². The minimum atomic E-state index is -0.891. The highest BCUT2D eigenvalue weighted by molar-refractivity contribution is 7.17. The number of nitrogens with zero attached hydrogens (tertiary/aromatic N) is 1. The van der Waals surface area contributed by atoms with E-state index in [1.807, 2.05) is 18.2 Å². The molecule has 0 atom stereocenters. The highest BCUT2D eigenvalue weighted by Gasteiger charge is 2.17. The summed E-state index contributed by atoms with van der Waals surface area (Å²) in [4.78, 5) is 27.7. The first-order chi connectivity index (χ1) is 17.0. The molecule has 0 spiro atoms. The average molecular weight is 508 g/mol. The van der Waals surface area contributed by atoms with E-state index in [9.17, 15) is 14.0 Å². The van der Waals surface area contributed by atoms with Gasteiger partial charge in [-0.1, -0.05) is 24.3 Å². The van der Waals surface area contributed by atoms with E-state index < -0.39 is 17.7 Å². The van der Waals surface area contributed by atoms with Gasteiger partial charge in [0.2, 0.25) is 0 Å². The fourth-order valence-corrected chi connectivity index (χ4v) is 3.83. The predicted molar refractivity (Wildman–Crippen MR) is 141 cm³/mol. The van der Waals surface area contributed by atoms with Gasteiger partial charge in [0, 0.05) is 6.20 Å². The minimum Gasteiger partial charge on any atom is -0.477 e. The number of hydrogen-bond acceptors (Lipinski definition) is 6. The van der Waals surface area contributed by atoms with Crippen molar-refractivity contribution in [3.63, 3.8) is 0 Å². The molecule has 0 radical (unpaired) electrons. The van der Waals surface area contributed by atoms with Crippen molar-refractivity contribution in [3.05, 3.63) is 89.7 Å². The van der Waals surface area contributed by atoms with E-state index in [4.69, 9.17) is 15.6 Å². The van der Waals surface area contributed by atoms with Gasteiger partial charge in [-0.05, 0) is 80.4 Å². The van der Waals surface area contributed by atoms with Crippen molar-refractivity contribution in [3.8, 4) is 21.7 Å². The predicted octanol–water partition coefficient (Wildman–Crippen LogP) is 6.93. The van der Waals surface area contributed by atoms with Gasteiger partial charge in [-0.3, -0.25) is 10.3 Å². The van der Waals surface area contributed by atoms with Crippen LogP contribution in [0.5, 0.6) is 0 Å². The lowest BCUT2D eigenvalue weighted by Crippen LogP contribution is -2.27. The molecule has 0 saturated heterocycles. The third-order valence-electron chi connectivity index (χ3n) is 4.60. The summed E-state index contributed by atoms with van der Waals surface area (Å²) in [7, 11) is 0. The topological polar surface area (TPSA) is 115 Å². The molecule has 1 amide bonds. The lowest BCUT2D eigenvalue weighted by molar-refractivity contribution is 0.0634. The number of aromatic nitrogens is 1. The number of hydrogen-bond donors (Lipinski definition) is 3. The van der Waals surface area contributed by atoms with Crippen molar-refractivity contribution in [1.29, 1.82) is 0 Å². The number of benzene rings is 2. The smallest absolute Gasteiger partial charge is 0.412 e. The van der Waals surface area contributed by atoms with E-state index in [1.165, 1.54) is 23.5 Å². The van der Waals surface area contributed by atoms with Crippen LogP contribution in [0.4, 0.5) is 20.6 Å². The summed E-state index contributed by atoms with van der Waals surface area (Å²) in [5, 5.41) is 11.3. The van der Waals surface area contributed by atoms with Gasteiger partial charge in [-0.15, -0.1) is 11.3 Å². The Morgan fingerprint density at radius 1 is 1.00 bits per heavy atom. The Bertz CT molecular complexity index is 1330. The highest BCUT2D eigenvalue weighted by Crippen LogP contribution is 2.28. The van der Waals surface area contributed by atoms with Crippen LogP contribution in [0.3, 0.4) is 0 Å². The van der Waals surface area contributed by atoms with Crippen LogP contribution >= 0.6 is 11.3 Å². The monoisotopic (exact) mass is 507 g/mol. The Kier molecular flexibility index (Phi) is 8.39. The maximum Gasteiger partial charge on any atom is 0.412 e. The number of nitrogen functional groups attached to an aromatic ring is 1. The fraction of sp³-hybridized carbons (Fsp3) is 0.148. The van der Waals surface area contributed by atoms with Crippen molar-refractivity contribution in [2.45, 2.75) is 26.4 Å². The number of carbonyl (C=O) groups excluding carboxylic acids is 1. The van der Waals surface area contributed by atoms with Gasteiger partial charge in [0.25, 0.3) is 0 Å². The number of nitrogens with one attached hydrogen (secondary N) is 1. The Balaban J connectivity index is 0.000000221. The first kappa shape index (κ1) is 26.4. The SMILES string of the molecule is CC(C)(C)OC(=O)Nc1ccc(-c2ccc(F)cc2)cc1N.O=C(O)c1ccc(-c2ccccn2)s1. The van der Waals surface area contributed by atoms with Crippen LogP contribution in [0.25, 0.3) is 21.7 Å². The summed E-state index contributed by atoms with van der Waals surface area (Å²) in [6.45, 7) is 5.36. The summed E-state index contributed by atoms with van der Waals surface area (Å²) in [5.74, 6) is -1.18. The van der Waals surface area contributed by atoms with Crippen molar-refractivity contribution in [1.82, 2.24) is 4.98 Å². The van der Waals surface area contributed by atoms with Crippen LogP contribution < -0.4 is 11.1 Å². The van der Waals surface area contributed by atoms with Gasteiger partial charge >= 0.3 is 12.1 Å². The second kappa shape index (κ2) is 11.5. The second-order valence-electron chi connectivity index (χ2n) is 8.62. The van der Waals surface area contributed by atoms with E-state index in [-0.39, 0.29) is 5.82 Å². The van der Waals surface area contributed by atoms with Crippen molar-refractivity contribution < 1.29 is 23.8 Å². The quantitative estimate of drug-likeness (QED) is 0.258. The van der Waals surface area contributed by atoms with E-state index in [0.717, 1.165) is 21.7 Å².